The van der Waals surface area contributed by atoms with Crippen molar-refractivity contribution >= 4 is 0 Å². The molecule has 4 heteroatoms. The predicted molar refractivity (Wildman–Crippen MR) is 101 cm³/mol. The molecule has 0 saturated carbocycles. The van der Waals surface area contributed by atoms with Crippen molar-refractivity contribution in [1.82, 2.24) is 0 Å². The summed E-state index contributed by atoms with van der Waals surface area (Å²) in [6, 6.07) is 15.4. The minimum absolute atomic E-state index is 0.144. The van der Waals surface area contributed by atoms with Gasteiger partial charge in [-0.05, 0) is 53.6 Å². The second-order valence-electron chi connectivity index (χ2n) is 6.95. The van der Waals surface area contributed by atoms with Gasteiger partial charge in [-0.15, -0.1) is 0 Å². The van der Waals surface area contributed by atoms with Gasteiger partial charge in [-0.3, -0.25) is 0 Å². The molecule has 0 saturated heterocycles. The van der Waals surface area contributed by atoms with E-state index >= 15 is 0 Å². The van der Waals surface area contributed by atoms with E-state index in [9.17, 15) is 5.11 Å². The molecule has 136 valence electrons. The number of hydrogen-bond donors (Lipinski definition) is 3. The van der Waals surface area contributed by atoms with Crippen LogP contribution in [0.25, 0.3) is 0 Å². The number of ether oxygens (including phenoxy) is 1. The van der Waals surface area contributed by atoms with Gasteiger partial charge in [-0.25, -0.2) is 0 Å². The van der Waals surface area contributed by atoms with Crippen molar-refractivity contribution in [3.05, 3.63) is 59.7 Å². The van der Waals surface area contributed by atoms with Crippen molar-refractivity contribution in [1.29, 1.82) is 0 Å². The van der Waals surface area contributed by atoms with E-state index in [1.165, 1.54) is 5.56 Å². The van der Waals surface area contributed by atoms with Crippen LogP contribution in [0, 0.1) is 0 Å². The maximum absolute atomic E-state index is 9.96. The highest BCUT2D eigenvalue weighted by Crippen LogP contribution is 2.28. The Morgan fingerprint density at radius 3 is 2.24 bits per heavy atom. The van der Waals surface area contributed by atoms with Crippen LogP contribution in [0.2, 0.25) is 0 Å². The molecule has 0 bridgehead atoms. The zero-order chi connectivity index (χ0) is 18.4. The lowest BCUT2D eigenvalue weighted by Gasteiger charge is -2.21. The molecular weight excluding hydrogens is 314 g/mol. The van der Waals surface area contributed by atoms with E-state index in [1.807, 2.05) is 43.3 Å². The lowest BCUT2D eigenvalue weighted by Crippen LogP contribution is -2.38. The van der Waals surface area contributed by atoms with Crippen LogP contribution in [0.4, 0.5) is 0 Å². The first kappa shape index (κ1) is 19.4. The Kier molecular flexibility index (Phi) is 7.00. The molecule has 0 amide bonds. The van der Waals surface area contributed by atoms with E-state index in [-0.39, 0.29) is 12.5 Å². The smallest absolute Gasteiger partial charge is 0.127 e. The largest absolute Gasteiger partial charge is 0.457 e. The van der Waals surface area contributed by atoms with Gasteiger partial charge in [0.1, 0.15) is 11.5 Å². The molecule has 0 aliphatic heterocycles. The summed E-state index contributed by atoms with van der Waals surface area (Å²) in [4.78, 5) is 0. The van der Waals surface area contributed by atoms with E-state index in [1.54, 1.807) is 0 Å². The standard InChI is InChI=1S/C21H29NO3/c1-14(2)17-5-4-6-19(12-17)25-18-9-7-16(8-10-18)15(3)11-21(24)20(22)13-23/h4-10,12,14-15,20-21,23-24H,11,13,22H2,1-3H3. The molecule has 0 aliphatic carbocycles. The average Bonchev–Trinajstić information content (AvgIpc) is 2.61. The molecule has 3 atom stereocenters. The van der Waals surface area contributed by atoms with Gasteiger partial charge in [0.2, 0.25) is 0 Å². The maximum Gasteiger partial charge on any atom is 0.127 e. The summed E-state index contributed by atoms with van der Waals surface area (Å²) in [5.41, 5.74) is 8.02. The molecule has 3 unspecified atom stereocenters. The zero-order valence-electron chi connectivity index (χ0n) is 15.2. The van der Waals surface area contributed by atoms with Crippen LogP contribution in [0.3, 0.4) is 0 Å². The minimum Gasteiger partial charge on any atom is -0.457 e. The molecule has 2 rings (SSSR count). The molecule has 4 nitrogen and oxygen atoms in total. The van der Waals surface area contributed by atoms with Crippen LogP contribution in [0.5, 0.6) is 11.5 Å². The van der Waals surface area contributed by atoms with Crippen LogP contribution >= 0.6 is 0 Å². The van der Waals surface area contributed by atoms with E-state index in [0.29, 0.717) is 12.3 Å². The highest BCUT2D eigenvalue weighted by molar-refractivity contribution is 5.36. The lowest BCUT2D eigenvalue weighted by atomic mass is 9.92. The molecule has 0 radical (unpaired) electrons. The minimum atomic E-state index is -0.713. The normalized spacial score (nSPS) is 15.0. The first-order chi connectivity index (χ1) is 11.9. The molecule has 25 heavy (non-hydrogen) atoms. The van der Waals surface area contributed by atoms with E-state index in [4.69, 9.17) is 15.6 Å². The van der Waals surface area contributed by atoms with Crippen LogP contribution in [-0.4, -0.2) is 29.0 Å². The molecule has 2 aromatic rings. The number of hydrogen-bond acceptors (Lipinski definition) is 4. The van der Waals surface area contributed by atoms with Gasteiger partial charge < -0.3 is 20.7 Å². The van der Waals surface area contributed by atoms with Gasteiger partial charge >= 0.3 is 0 Å². The van der Waals surface area contributed by atoms with Gasteiger partial charge in [-0.2, -0.15) is 0 Å². The second kappa shape index (κ2) is 8.99. The van der Waals surface area contributed by atoms with Gasteiger partial charge in [0, 0.05) is 0 Å². The Morgan fingerprint density at radius 1 is 0.960 bits per heavy atom. The highest BCUT2D eigenvalue weighted by atomic mass is 16.5. The van der Waals surface area contributed by atoms with Crippen LogP contribution in [0.15, 0.2) is 48.5 Å². The number of benzene rings is 2. The third-order valence-corrected chi connectivity index (χ3v) is 4.51. The van der Waals surface area contributed by atoms with E-state index < -0.39 is 12.1 Å². The highest BCUT2D eigenvalue weighted by Gasteiger charge is 2.18. The number of nitrogens with two attached hydrogens (primary N) is 1. The molecule has 0 spiro atoms. The summed E-state index contributed by atoms with van der Waals surface area (Å²) in [5.74, 6) is 2.22. The Morgan fingerprint density at radius 2 is 1.64 bits per heavy atom. The fourth-order valence-electron chi connectivity index (χ4n) is 2.73. The van der Waals surface area contributed by atoms with E-state index in [2.05, 4.69) is 26.0 Å². The van der Waals surface area contributed by atoms with Gasteiger partial charge in [0.05, 0.1) is 18.8 Å². The fraction of sp³-hybridized carbons (Fsp3) is 0.429. The summed E-state index contributed by atoms with van der Waals surface area (Å²) in [5, 5.41) is 19.0. The Hall–Kier alpha value is -1.88. The number of aliphatic hydroxyl groups is 2. The lowest BCUT2D eigenvalue weighted by molar-refractivity contribution is 0.0965. The SMILES string of the molecule is CC(C)c1cccc(Oc2ccc(C(C)CC(O)C(N)CO)cc2)c1. The van der Waals surface area contributed by atoms with Crippen LogP contribution < -0.4 is 10.5 Å². The Labute approximate surface area is 150 Å². The van der Waals surface area contributed by atoms with E-state index in [0.717, 1.165) is 17.1 Å². The van der Waals surface area contributed by atoms with Crippen molar-refractivity contribution in [2.24, 2.45) is 5.73 Å². The van der Waals surface area contributed by atoms with Crippen molar-refractivity contribution < 1.29 is 14.9 Å². The third-order valence-electron chi connectivity index (χ3n) is 4.51. The molecule has 0 fully saturated rings. The second-order valence-corrected chi connectivity index (χ2v) is 6.95. The molecule has 2 aromatic carbocycles. The molecule has 0 heterocycles. The first-order valence-electron chi connectivity index (χ1n) is 8.83. The summed E-state index contributed by atoms with van der Waals surface area (Å²) >= 11 is 0. The van der Waals surface area contributed by atoms with Gasteiger partial charge in [0.25, 0.3) is 0 Å². The molecule has 0 aromatic heterocycles. The number of rotatable bonds is 8. The van der Waals surface area contributed by atoms with Crippen molar-refractivity contribution in [2.45, 2.75) is 51.2 Å². The maximum atomic E-state index is 9.96. The average molecular weight is 343 g/mol. The summed E-state index contributed by atoms with van der Waals surface area (Å²) in [7, 11) is 0. The van der Waals surface area contributed by atoms with Crippen molar-refractivity contribution in [3.8, 4) is 11.5 Å². The number of aliphatic hydroxyl groups excluding tert-OH is 2. The zero-order valence-corrected chi connectivity index (χ0v) is 15.2. The summed E-state index contributed by atoms with van der Waals surface area (Å²) < 4.78 is 5.94. The Balaban J connectivity index is 2.01. The molecule has 0 aliphatic rings. The quantitative estimate of drug-likeness (QED) is 0.682. The summed E-state index contributed by atoms with van der Waals surface area (Å²) in [6.45, 7) is 6.14. The monoisotopic (exact) mass is 343 g/mol. The molecule has 4 N–H and O–H groups in total. The molecular formula is C21H29NO3. The van der Waals surface area contributed by atoms with Gasteiger partial charge in [0.15, 0.2) is 0 Å². The predicted octanol–water partition coefficient (Wildman–Crippen LogP) is 3.78. The van der Waals surface area contributed by atoms with Crippen LogP contribution in [0.1, 0.15) is 50.2 Å². The fourth-order valence-corrected chi connectivity index (χ4v) is 2.73. The third kappa shape index (κ3) is 5.56. The van der Waals surface area contributed by atoms with Crippen molar-refractivity contribution in [3.63, 3.8) is 0 Å². The topological polar surface area (TPSA) is 75.7 Å². The summed E-state index contributed by atoms with van der Waals surface area (Å²) in [6.07, 6.45) is -0.201. The Bertz CT molecular complexity index is 654. The van der Waals surface area contributed by atoms with Gasteiger partial charge in [-0.1, -0.05) is 45.0 Å². The van der Waals surface area contributed by atoms with Crippen molar-refractivity contribution in [2.75, 3.05) is 6.61 Å². The first-order valence-corrected chi connectivity index (χ1v) is 8.83. The van der Waals surface area contributed by atoms with Crippen LogP contribution in [-0.2, 0) is 0 Å².